The van der Waals surface area contributed by atoms with Crippen LogP contribution in [0.4, 0.5) is 0 Å². The highest BCUT2D eigenvalue weighted by atomic mass is 32.1. The Morgan fingerprint density at radius 2 is 1.95 bits per heavy atom. The summed E-state index contributed by atoms with van der Waals surface area (Å²) in [7, 11) is 0. The SMILES string of the molecule is O=C(O)C[C@H](NC(=O)c1csc2c1CCCC2)C(=O)O. The van der Waals surface area contributed by atoms with Crippen LogP contribution in [-0.4, -0.2) is 34.1 Å². The number of rotatable bonds is 5. The molecule has 0 saturated heterocycles. The molecule has 0 unspecified atom stereocenters. The van der Waals surface area contributed by atoms with E-state index in [-0.39, 0.29) is 0 Å². The van der Waals surface area contributed by atoms with Crippen LogP contribution in [0.5, 0.6) is 0 Å². The molecular weight excluding hydrogens is 282 g/mol. The fourth-order valence-electron chi connectivity index (χ4n) is 2.30. The van der Waals surface area contributed by atoms with Crippen LogP contribution in [0.3, 0.4) is 0 Å². The van der Waals surface area contributed by atoms with E-state index in [1.165, 1.54) is 16.2 Å². The van der Waals surface area contributed by atoms with E-state index < -0.39 is 30.3 Å². The number of thiophene rings is 1. The molecule has 1 aromatic rings. The molecule has 20 heavy (non-hydrogen) atoms. The smallest absolute Gasteiger partial charge is 0.326 e. The van der Waals surface area contributed by atoms with E-state index in [1.54, 1.807) is 5.38 Å². The summed E-state index contributed by atoms with van der Waals surface area (Å²) in [6.45, 7) is 0. The van der Waals surface area contributed by atoms with Crippen LogP contribution in [0.1, 0.15) is 40.1 Å². The van der Waals surface area contributed by atoms with Crippen LogP contribution in [-0.2, 0) is 22.4 Å². The molecule has 0 aliphatic heterocycles. The highest BCUT2D eigenvalue weighted by Crippen LogP contribution is 2.30. The molecule has 0 spiro atoms. The van der Waals surface area contributed by atoms with E-state index in [9.17, 15) is 14.4 Å². The monoisotopic (exact) mass is 297 g/mol. The summed E-state index contributed by atoms with van der Waals surface area (Å²) in [6, 6.07) is -1.40. The van der Waals surface area contributed by atoms with Gasteiger partial charge in [0.25, 0.3) is 5.91 Å². The number of carboxylic acid groups (broad SMARTS) is 2. The maximum atomic E-state index is 12.1. The average Bonchev–Trinajstić information content (AvgIpc) is 2.81. The zero-order valence-electron chi connectivity index (χ0n) is 10.7. The van der Waals surface area contributed by atoms with E-state index >= 15 is 0 Å². The lowest BCUT2D eigenvalue weighted by Crippen LogP contribution is -2.42. The molecule has 2 rings (SSSR count). The largest absolute Gasteiger partial charge is 0.481 e. The number of carbonyl (C=O) groups excluding carboxylic acids is 1. The lowest BCUT2D eigenvalue weighted by molar-refractivity contribution is -0.145. The molecule has 108 valence electrons. The van der Waals surface area contributed by atoms with Crippen LogP contribution >= 0.6 is 11.3 Å². The van der Waals surface area contributed by atoms with E-state index in [4.69, 9.17) is 10.2 Å². The topological polar surface area (TPSA) is 104 Å². The molecule has 1 aromatic heterocycles. The third kappa shape index (κ3) is 3.16. The quantitative estimate of drug-likeness (QED) is 0.759. The van der Waals surface area contributed by atoms with Crippen molar-refractivity contribution in [3.63, 3.8) is 0 Å². The van der Waals surface area contributed by atoms with Crippen molar-refractivity contribution in [2.75, 3.05) is 0 Å². The minimum Gasteiger partial charge on any atom is -0.481 e. The van der Waals surface area contributed by atoms with Gasteiger partial charge in [-0.3, -0.25) is 9.59 Å². The standard InChI is InChI=1S/C13H15NO5S/c15-11(16)5-9(13(18)19)14-12(17)8-6-20-10-4-2-1-3-7(8)10/h6,9H,1-5H2,(H,14,17)(H,15,16)(H,18,19)/t9-/m0/s1. The number of carboxylic acids is 2. The van der Waals surface area contributed by atoms with Crippen molar-refractivity contribution in [1.29, 1.82) is 0 Å². The minimum absolute atomic E-state index is 0.487. The summed E-state index contributed by atoms with van der Waals surface area (Å²) in [4.78, 5) is 34.8. The van der Waals surface area contributed by atoms with E-state index in [0.29, 0.717) is 5.56 Å². The van der Waals surface area contributed by atoms with Gasteiger partial charge in [-0.2, -0.15) is 0 Å². The first-order valence-corrected chi connectivity index (χ1v) is 7.21. The summed E-state index contributed by atoms with van der Waals surface area (Å²) in [5.41, 5.74) is 1.47. The Balaban J connectivity index is 2.12. The van der Waals surface area contributed by atoms with Gasteiger partial charge in [0.1, 0.15) is 6.04 Å². The van der Waals surface area contributed by atoms with Gasteiger partial charge in [0.2, 0.25) is 0 Å². The Bertz CT molecular complexity index is 551. The zero-order chi connectivity index (χ0) is 14.7. The predicted molar refractivity (Wildman–Crippen MR) is 72.1 cm³/mol. The Kier molecular flexibility index (Phi) is 4.39. The second-order valence-electron chi connectivity index (χ2n) is 4.72. The molecule has 1 aliphatic carbocycles. The van der Waals surface area contributed by atoms with E-state index in [2.05, 4.69) is 5.32 Å². The Morgan fingerprint density at radius 1 is 1.25 bits per heavy atom. The van der Waals surface area contributed by atoms with Gasteiger partial charge in [-0.15, -0.1) is 11.3 Å². The molecule has 1 amide bonds. The highest BCUT2D eigenvalue weighted by molar-refractivity contribution is 7.10. The Labute approximate surface area is 119 Å². The maximum Gasteiger partial charge on any atom is 0.326 e. The van der Waals surface area contributed by atoms with Gasteiger partial charge >= 0.3 is 11.9 Å². The van der Waals surface area contributed by atoms with E-state index in [0.717, 1.165) is 31.2 Å². The second-order valence-corrected chi connectivity index (χ2v) is 5.68. The maximum absolute atomic E-state index is 12.1. The van der Waals surface area contributed by atoms with Gasteiger partial charge in [-0.25, -0.2) is 4.79 Å². The van der Waals surface area contributed by atoms with Gasteiger partial charge in [-0.1, -0.05) is 0 Å². The predicted octanol–water partition coefficient (Wildman–Crippen LogP) is 1.28. The number of fused-ring (bicyclic) bond motifs is 1. The number of aliphatic carboxylic acids is 2. The molecule has 0 radical (unpaired) electrons. The van der Waals surface area contributed by atoms with Crippen molar-refractivity contribution in [1.82, 2.24) is 5.32 Å². The molecule has 0 saturated carbocycles. The lowest BCUT2D eigenvalue weighted by atomic mass is 9.95. The van der Waals surface area contributed by atoms with Gasteiger partial charge in [0, 0.05) is 10.3 Å². The molecule has 0 aromatic carbocycles. The summed E-state index contributed by atoms with van der Waals surface area (Å²) < 4.78 is 0. The Morgan fingerprint density at radius 3 is 2.60 bits per heavy atom. The van der Waals surface area contributed by atoms with E-state index in [1.807, 2.05) is 0 Å². The normalized spacial score (nSPS) is 15.2. The third-order valence-electron chi connectivity index (χ3n) is 3.29. The molecular formula is C13H15NO5S. The number of amides is 1. The van der Waals surface area contributed by atoms with Gasteiger partial charge in [0.05, 0.1) is 12.0 Å². The van der Waals surface area contributed by atoms with Crippen molar-refractivity contribution >= 4 is 29.2 Å². The van der Waals surface area contributed by atoms with Crippen molar-refractivity contribution in [2.45, 2.75) is 38.1 Å². The average molecular weight is 297 g/mol. The molecule has 0 fully saturated rings. The van der Waals surface area contributed by atoms with Crippen molar-refractivity contribution in [2.24, 2.45) is 0 Å². The third-order valence-corrected chi connectivity index (χ3v) is 4.38. The lowest BCUT2D eigenvalue weighted by Gasteiger charge is -2.15. The number of aryl methyl sites for hydroxylation is 1. The highest BCUT2D eigenvalue weighted by Gasteiger charge is 2.26. The molecule has 1 aliphatic rings. The first-order chi connectivity index (χ1) is 9.49. The van der Waals surface area contributed by atoms with Crippen LogP contribution in [0, 0.1) is 0 Å². The van der Waals surface area contributed by atoms with Gasteiger partial charge in [-0.05, 0) is 31.2 Å². The molecule has 1 heterocycles. The second kappa shape index (κ2) is 6.04. The van der Waals surface area contributed by atoms with Crippen LogP contribution in [0.25, 0.3) is 0 Å². The van der Waals surface area contributed by atoms with Crippen LogP contribution < -0.4 is 5.32 Å². The number of hydrogen-bond acceptors (Lipinski definition) is 4. The van der Waals surface area contributed by atoms with Crippen molar-refractivity contribution in [3.05, 3.63) is 21.4 Å². The van der Waals surface area contributed by atoms with Crippen LogP contribution in [0.2, 0.25) is 0 Å². The summed E-state index contributed by atoms with van der Waals surface area (Å²) in [5.74, 6) is -3.10. The molecule has 7 heteroatoms. The number of carbonyl (C=O) groups is 3. The number of hydrogen-bond donors (Lipinski definition) is 3. The molecule has 3 N–H and O–H groups in total. The van der Waals surface area contributed by atoms with Gasteiger partial charge in [0.15, 0.2) is 0 Å². The fourth-order valence-corrected chi connectivity index (χ4v) is 3.42. The summed E-state index contributed by atoms with van der Waals surface area (Å²) >= 11 is 1.51. The van der Waals surface area contributed by atoms with Crippen LogP contribution in [0.15, 0.2) is 5.38 Å². The summed E-state index contributed by atoms with van der Waals surface area (Å²) in [5, 5.41) is 21.6. The van der Waals surface area contributed by atoms with Gasteiger partial charge < -0.3 is 15.5 Å². The van der Waals surface area contributed by atoms with Crippen molar-refractivity contribution in [3.8, 4) is 0 Å². The number of nitrogens with one attached hydrogen (secondary N) is 1. The minimum atomic E-state index is -1.40. The first-order valence-electron chi connectivity index (χ1n) is 6.33. The molecule has 0 bridgehead atoms. The zero-order valence-corrected chi connectivity index (χ0v) is 11.5. The summed E-state index contributed by atoms with van der Waals surface area (Å²) in [6.07, 6.45) is 3.25. The van der Waals surface area contributed by atoms with Crippen molar-refractivity contribution < 1.29 is 24.6 Å². The fraction of sp³-hybridized carbons (Fsp3) is 0.462. The first kappa shape index (κ1) is 14.5. The molecule has 6 nitrogen and oxygen atoms in total. The Hall–Kier alpha value is -1.89. The molecule has 1 atom stereocenters.